The molecule has 0 saturated carbocycles. The molecule has 8 heteroatoms. The van der Waals surface area contributed by atoms with Gasteiger partial charge in [-0.3, -0.25) is 14.9 Å². The standard InChI is InChI=1S/C17H16N2O6/c1-11-4-3-5-12(2)17(11)18-14(20)10-24-16(21)9-7-13-6-8-15(25-13)19(22)23/h3-9H,10H2,1-2H3,(H,18,20)/b9-7+. The molecule has 2 rings (SSSR count). The number of amides is 1. The van der Waals surface area contributed by atoms with E-state index in [-0.39, 0.29) is 5.76 Å². The zero-order chi connectivity index (χ0) is 18.4. The third kappa shape index (κ3) is 5.03. The Morgan fingerprint density at radius 2 is 1.92 bits per heavy atom. The summed E-state index contributed by atoms with van der Waals surface area (Å²) in [7, 11) is 0. The molecule has 1 aromatic heterocycles. The summed E-state index contributed by atoms with van der Waals surface area (Å²) in [6.07, 6.45) is 2.24. The molecule has 0 aliphatic heterocycles. The monoisotopic (exact) mass is 344 g/mol. The van der Waals surface area contributed by atoms with E-state index in [1.165, 1.54) is 18.2 Å². The Kier molecular flexibility index (Phi) is 5.67. The Hall–Kier alpha value is -3.42. The SMILES string of the molecule is Cc1cccc(C)c1NC(=O)COC(=O)/C=C/c1ccc([N+](=O)[O-])o1. The molecule has 1 amide bonds. The molecule has 0 aliphatic rings. The fourth-order valence-electron chi connectivity index (χ4n) is 2.05. The van der Waals surface area contributed by atoms with Crippen LogP contribution in [0.5, 0.6) is 0 Å². The fourth-order valence-corrected chi connectivity index (χ4v) is 2.05. The van der Waals surface area contributed by atoms with Crippen molar-refractivity contribution in [1.82, 2.24) is 0 Å². The van der Waals surface area contributed by atoms with Crippen LogP contribution in [0, 0.1) is 24.0 Å². The molecule has 0 atom stereocenters. The number of nitrogens with zero attached hydrogens (tertiary/aromatic N) is 1. The highest BCUT2D eigenvalue weighted by Crippen LogP contribution is 2.19. The van der Waals surface area contributed by atoms with E-state index in [1.54, 1.807) is 0 Å². The summed E-state index contributed by atoms with van der Waals surface area (Å²) in [5.74, 6) is -1.53. The molecule has 1 heterocycles. The van der Waals surface area contributed by atoms with Crippen LogP contribution in [0.2, 0.25) is 0 Å². The molecule has 130 valence electrons. The number of para-hydroxylation sites is 1. The third-order valence-corrected chi connectivity index (χ3v) is 3.27. The van der Waals surface area contributed by atoms with Crippen LogP contribution in [0.1, 0.15) is 16.9 Å². The number of aryl methyl sites for hydroxylation is 2. The van der Waals surface area contributed by atoms with Crippen molar-refractivity contribution >= 4 is 29.5 Å². The third-order valence-electron chi connectivity index (χ3n) is 3.27. The van der Waals surface area contributed by atoms with Gasteiger partial charge in [0, 0.05) is 11.8 Å². The van der Waals surface area contributed by atoms with Gasteiger partial charge in [0.2, 0.25) is 0 Å². The zero-order valence-corrected chi connectivity index (χ0v) is 13.6. The minimum absolute atomic E-state index is 0.128. The summed E-state index contributed by atoms with van der Waals surface area (Å²) in [6, 6.07) is 8.11. The van der Waals surface area contributed by atoms with Crippen molar-refractivity contribution in [2.24, 2.45) is 0 Å². The van der Waals surface area contributed by atoms with Gasteiger partial charge in [-0.05, 0) is 37.1 Å². The highest BCUT2D eigenvalue weighted by molar-refractivity contribution is 5.95. The van der Waals surface area contributed by atoms with E-state index in [9.17, 15) is 19.7 Å². The maximum Gasteiger partial charge on any atom is 0.433 e. The number of ether oxygens (including phenoxy) is 1. The minimum Gasteiger partial charge on any atom is -0.452 e. The first-order valence-electron chi connectivity index (χ1n) is 7.32. The Morgan fingerprint density at radius 1 is 1.24 bits per heavy atom. The molecule has 0 fully saturated rings. The summed E-state index contributed by atoms with van der Waals surface area (Å²) in [5, 5.41) is 13.2. The molecule has 0 spiro atoms. The number of carbonyl (C=O) groups is 2. The maximum absolute atomic E-state index is 11.9. The number of rotatable bonds is 6. The Balaban J connectivity index is 1.85. The van der Waals surface area contributed by atoms with Crippen molar-refractivity contribution in [1.29, 1.82) is 0 Å². The molecule has 0 bridgehead atoms. The van der Waals surface area contributed by atoms with Gasteiger partial charge in [-0.25, -0.2) is 4.79 Å². The summed E-state index contributed by atoms with van der Waals surface area (Å²) in [5.41, 5.74) is 2.49. The smallest absolute Gasteiger partial charge is 0.433 e. The Labute approximate surface area is 143 Å². The van der Waals surface area contributed by atoms with Crippen molar-refractivity contribution in [2.45, 2.75) is 13.8 Å². The van der Waals surface area contributed by atoms with E-state index in [4.69, 9.17) is 9.15 Å². The van der Waals surface area contributed by atoms with Crippen LogP contribution in [-0.2, 0) is 14.3 Å². The lowest BCUT2D eigenvalue weighted by Gasteiger charge is -2.11. The van der Waals surface area contributed by atoms with Gasteiger partial charge in [-0.15, -0.1) is 0 Å². The van der Waals surface area contributed by atoms with E-state index in [0.29, 0.717) is 5.69 Å². The number of carbonyl (C=O) groups excluding carboxylic acids is 2. The van der Waals surface area contributed by atoms with Crippen molar-refractivity contribution in [3.05, 3.63) is 63.4 Å². The van der Waals surface area contributed by atoms with Gasteiger partial charge in [0.15, 0.2) is 6.61 Å². The van der Waals surface area contributed by atoms with Gasteiger partial charge in [-0.2, -0.15) is 0 Å². The number of hydrogen-bond acceptors (Lipinski definition) is 6. The fraction of sp³-hybridized carbons (Fsp3) is 0.176. The number of anilines is 1. The number of nitrogens with one attached hydrogen (secondary N) is 1. The highest BCUT2D eigenvalue weighted by Gasteiger charge is 2.11. The Morgan fingerprint density at radius 3 is 2.52 bits per heavy atom. The van der Waals surface area contributed by atoms with E-state index >= 15 is 0 Å². The van der Waals surface area contributed by atoms with Crippen molar-refractivity contribution in [2.75, 3.05) is 11.9 Å². The van der Waals surface area contributed by atoms with E-state index in [0.717, 1.165) is 17.2 Å². The van der Waals surface area contributed by atoms with Crippen LogP contribution in [0.3, 0.4) is 0 Å². The highest BCUT2D eigenvalue weighted by atomic mass is 16.6. The summed E-state index contributed by atoms with van der Waals surface area (Å²) in [6.45, 7) is 3.27. The van der Waals surface area contributed by atoms with Gasteiger partial charge in [0.25, 0.3) is 5.91 Å². The van der Waals surface area contributed by atoms with Crippen molar-refractivity contribution in [3.8, 4) is 0 Å². The lowest BCUT2D eigenvalue weighted by atomic mass is 10.1. The Bertz CT molecular complexity index is 817. The van der Waals surface area contributed by atoms with Crippen LogP contribution < -0.4 is 5.32 Å². The molecule has 8 nitrogen and oxygen atoms in total. The van der Waals surface area contributed by atoms with Crippen LogP contribution in [-0.4, -0.2) is 23.4 Å². The number of esters is 1. The lowest BCUT2D eigenvalue weighted by Crippen LogP contribution is -2.21. The quantitative estimate of drug-likeness (QED) is 0.373. The van der Waals surface area contributed by atoms with Crippen LogP contribution in [0.4, 0.5) is 11.6 Å². The number of furan rings is 1. The summed E-state index contributed by atoms with van der Waals surface area (Å²) in [4.78, 5) is 33.2. The number of nitro groups is 1. The lowest BCUT2D eigenvalue weighted by molar-refractivity contribution is -0.402. The predicted molar refractivity (Wildman–Crippen MR) is 89.9 cm³/mol. The largest absolute Gasteiger partial charge is 0.452 e. The van der Waals surface area contributed by atoms with E-state index in [2.05, 4.69) is 5.32 Å². The maximum atomic E-state index is 11.9. The second-order valence-corrected chi connectivity index (χ2v) is 5.19. The first kappa shape index (κ1) is 17.9. The molecule has 0 unspecified atom stereocenters. The zero-order valence-electron chi connectivity index (χ0n) is 13.6. The second kappa shape index (κ2) is 7.91. The molecular weight excluding hydrogens is 328 g/mol. The molecule has 25 heavy (non-hydrogen) atoms. The average Bonchev–Trinajstić information content (AvgIpc) is 3.04. The van der Waals surface area contributed by atoms with Gasteiger partial charge >= 0.3 is 11.9 Å². The number of benzene rings is 1. The average molecular weight is 344 g/mol. The van der Waals surface area contributed by atoms with Gasteiger partial charge < -0.3 is 14.5 Å². The van der Waals surface area contributed by atoms with Crippen LogP contribution in [0.25, 0.3) is 6.08 Å². The first-order chi connectivity index (χ1) is 11.9. The molecule has 0 saturated heterocycles. The van der Waals surface area contributed by atoms with Gasteiger partial charge in [0.1, 0.15) is 10.7 Å². The van der Waals surface area contributed by atoms with Gasteiger partial charge in [-0.1, -0.05) is 18.2 Å². The predicted octanol–water partition coefficient (Wildman–Crippen LogP) is 3.00. The summed E-state index contributed by atoms with van der Waals surface area (Å²) >= 11 is 0. The summed E-state index contributed by atoms with van der Waals surface area (Å²) < 4.78 is 9.67. The normalized spacial score (nSPS) is 10.6. The van der Waals surface area contributed by atoms with Crippen LogP contribution in [0.15, 0.2) is 40.8 Å². The number of hydrogen-bond donors (Lipinski definition) is 1. The molecule has 1 N–H and O–H groups in total. The van der Waals surface area contributed by atoms with Gasteiger partial charge in [0.05, 0.1) is 6.07 Å². The molecule has 0 radical (unpaired) electrons. The second-order valence-electron chi connectivity index (χ2n) is 5.19. The van der Waals surface area contributed by atoms with Crippen molar-refractivity contribution in [3.63, 3.8) is 0 Å². The molecule has 1 aromatic carbocycles. The molecular formula is C17H16N2O6. The van der Waals surface area contributed by atoms with Crippen molar-refractivity contribution < 1.29 is 23.7 Å². The molecule has 2 aromatic rings. The first-order valence-corrected chi connectivity index (χ1v) is 7.32. The molecule has 0 aliphatic carbocycles. The van der Waals surface area contributed by atoms with E-state index in [1.807, 2.05) is 32.0 Å². The van der Waals surface area contributed by atoms with E-state index < -0.39 is 29.3 Å². The topological polar surface area (TPSA) is 112 Å². The van der Waals surface area contributed by atoms with Crippen LogP contribution >= 0.6 is 0 Å². The minimum atomic E-state index is -0.768.